The summed E-state index contributed by atoms with van der Waals surface area (Å²) >= 11 is 2.20. The summed E-state index contributed by atoms with van der Waals surface area (Å²) in [5.74, 6) is -0.381. The molecule has 0 spiro atoms. The minimum absolute atomic E-state index is 0.0238. The second-order valence-corrected chi connectivity index (χ2v) is 11.6. The van der Waals surface area contributed by atoms with E-state index in [4.69, 9.17) is 4.74 Å². The molecule has 0 saturated heterocycles. The van der Waals surface area contributed by atoms with E-state index in [1.807, 2.05) is 20.8 Å². The molecule has 2 saturated carbocycles. The Labute approximate surface area is 170 Å². The van der Waals surface area contributed by atoms with Crippen molar-refractivity contribution < 1.29 is 19.4 Å². The van der Waals surface area contributed by atoms with Crippen molar-refractivity contribution in [1.29, 1.82) is 0 Å². The topological polar surface area (TPSA) is 63.6 Å². The van der Waals surface area contributed by atoms with E-state index in [9.17, 15) is 14.7 Å². The lowest BCUT2D eigenvalue weighted by Gasteiger charge is -2.47. The molecule has 3 aliphatic rings. The predicted molar refractivity (Wildman–Crippen MR) is 109 cm³/mol. The molecule has 0 aromatic heterocycles. The number of hydrogen-bond acceptors (Lipinski definition) is 4. The summed E-state index contributed by atoms with van der Waals surface area (Å²) in [7, 11) is 0. The Morgan fingerprint density at radius 2 is 1.85 bits per heavy atom. The minimum atomic E-state index is -1.17. The second kappa shape index (κ2) is 5.79. The Bertz CT molecular complexity index is 689. The third-order valence-electron chi connectivity index (χ3n) is 6.64. The maximum Gasteiger partial charge on any atom is 0.319 e. The fraction of sp³-hybridized carbons (Fsp3) is 0.810. The van der Waals surface area contributed by atoms with Crippen LogP contribution in [0.1, 0.15) is 73.6 Å². The number of fused-ring (bicyclic) bond motifs is 1. The number of aliphatic hydroxyl groups is 1. The molecule has 146 valence electrons. The van der Waals surface area contributed by atoms with Crippen LogP contribution in [0.15, 0.2) is 9.66 Å². The van der Waals surface area contributed by atoms with E-state index in [1.54, 1.807) is 6.92 Å². The quantitative estimate of drug-likeness (QED) is 0.362. The van der Waals surface area contributed by atoms with Gasteiger partial charge in [-0.1, -0.05) is 19.9 Å². The number of ketones is 1. The van der Waals surface area contributed by atoms with E-state index in [2.05, 4.69) is 42.5 Å². The second-order valence-electron chi connectivity index (χ2n) is 10.4. The summed E-state index contributed by atoms with van der Waals surface area (Å²) in [4.78, 5) is 26.5. The fourth-order valence-corrected chi connectivity index (χ4v) is 6.49. The number of rotatable bonds is 2. The Balaban J connectivity index is 1.97. The van der Waals surface area contributed by atoms with Crippen LogP contribution < -0.4 is 0 Å². The highest BCUT2D eigenvalue weighted by atomic mass is 127. The third-order valence-corrected chi connectivity index (χ3v) is 7.84. The number of halogens is 1. The number of carbonyl (C=O) groups excluding carboxylic acids is 2. The molecule has 0 aromatic rings. The molecule has 0 radical (unpaired) electrons. The molecule has 0 aliphatic heterocycles. The van der Waals surface area contributed by atoms with Gasteiger partial charge in [0.25, 0.3) is 0 Å². The van der Waals surface area contributed by atoms with Crippen LogP contribution in [-0.2, 0) is 14.3 Å². The molecule has 0 unspecified atom stereocenters. The van der Waals surface area contributed by atoms with Crippen LogP contribution in [0.3, 0.4) is 0 Å². The standard InChI is InChI=1S/C21H31IO4/c1-17(2,3)26-16(24)19(6)8-7-13-11-20(13,15(19)23)21(25)10-9-18(4,5)12-14(21)22/h12-13,25H,7-11H2,1-6H3/t13-,19-,20-,21+/m0/s1. The van der Waals surface area contributed by atoms with Gasteiger partial charge in [0.2, 0.25) is 0 Å². The molecular formula is C21H31IO4. The molecule has 0 amide bonds. The highest BCUT2D eigenvalue weighted by Gasteiger charge is 2.77. The van der Waals surface area contributed by atoms with Crippen LogP contribution in [0.25, 0.3) is 0 Å². The molecule has 2 fully saturated rings. The van der Waals surface area contributed by atoms with Crippen molar-refractivity contribution in [3.8, 4) is 0 Å². The number of hydrogen-bond donors (Lipinski definition) is 1. The largest absolute Gasteiger partial charge is 0.459 e. The molecule has 4 atom stereocenters. The summed E-state index contributed by atoms with van der Waals surface area (Å²) in [6, 6.07) is 0. The Morgan fingerprint density at radius 3 is 2.38 bits per heavy atom. The summed E-state index contributed by atoms with van der Waals surface area (Å²) in [5.41, 5.74) is -3.74. The van der Waals surface area contributed by atoms with Crippen molar-refractivity contribution >= 4 is 34.3 Å². The van der Waals surface area contributed by atoms with Gasteiger partial charge < -0.3 is 9.84 Å². The maximum atomic E-state index is 13.7. The van der Waals surface area contributed by atoms with E-state index < -0.39 is 28.0 Å². The zero-order chi connectivity index (χ0) is 19.8. The number of carbonyl (C=O) groups is 2. The van der Waals surface area contributed by atoms with Crippen molar-refractivity contribution in [2.75, 3.05) is 0 Å². The lowest BCUT2D eigenvalue weighted by Crippen LogP contribution is -2.57. The van der Waals surface area contributed by atoms with Crippen LogP contribution in [-0.4, -0.2) is 28.1 Å². The van der Waals surface area contributed by atoms with Crippen molar-refractivity contribution in [3.05, 3.63) is 9.66 Å². The maximum absolute atomic E-state index is 13.7. The highest BCUT2D eigenvalue weighted by Crippen LogP contribution is 2.72. The van der Waals surface area contributed by atoms with Crippen molar-refractivity contribution in [2.45, 2.75) is 84.8 Å². The number of allylic oxidation sites excluding steroid dienone is 1. The molecular weight excluding hydrogens is 443 g/mol. The van der Waals surface area contributed by atoms with E-state index >= 15 is 0 Å². The number of ether oxygens (including phenoxy) is 1. The molecule has 0 aromatic carbocycles. The van der Waals surface area contributed by atoms with E-state index in [-0.39, 0.29) is 17.1 Å². The average molecular weight is 474 g/mol. The zero-order valence-corrected chi connectivity index (χ0v) is 18.9. The highest BCUT2D eigenvalue weighted by molar-refractivity contribution is 14.1. The first-order valence-electron chi connectivity index (χ1n) is 9.58. The molecule has 26 heavy (non-hydrogen) atoms. The smallest absolute Gasteiger partial charge is 0.319 e. The third kappa shape index (κ3) is 2.88. The first-order valence-corrected chi connectivity index (χ1v) is 10.7. The Kier molecular flexibility index (Phi) is 4.52. The van der Waals surface area contributed by atoms with Crippen LogP contribution >= 0.6 is 22.6 Å². The Hall–Kier alpha value is -0.430. The van der Waals surface area contributed by atoms with Gasteiger partial charge in [-0.15, -0.1) is 0 Å². The van der Waals surface area contributed by atoms with E-state index in [0.29, 0.717) is 19.3 Å². The van der Waals surface area contributed by atoms with Crippen LogP contribution in [0, 0.1) is 22.2 Å². The van der Waals surface area contributed by atoms with Crippen molar-refractivity contribution in [1.82, 2.24) is 0 Å². The van der Waals surface area contributed by atoms with E-state index in [1.165, 1.54) is 0 Å². The first-order chi connectivity index (χ1) is 11.7. The minimum Gasteiger partial charge on any atom is -0.459 e. The lowest BCUT2D eigenvalue weighted by atomic mass is 9.60. The SMILES string of the molecule is CC1(C)C=C(I)[C@@](O)([C@@]23C[C@@H]2CC[C@](C)(C(=O)OC(C)(C)C)C3=O)CC1. The van der Waals surface area contributed by atoms with Gasteiger partial charge in [0.15, 0.2) is 5.78 Å². The average Bonchev–Trinajstić information content (AvgIpc) is 3.22. The first kappa shape index (κ1) is 20.3. The molecule has 4 nitrogen and oxygen atoms in total. The van der Waals surface area contributed by atoms with Gasteiger partial charge in [-0.05, 0) is 93.7 Å². The van der Waals surface area contributed by atoms with Gasteiger partial charge >= 0.3 is 5.97 Å². The van der Waals surface area contributed by atoms with Crippen molar-refractivity contribution in [2.24, 2.45) is 22.2 Å². The molecule has 5 heteroatoms. The summed E-state index contributed by atoms with van der Waals surface area (Å²) in [5, 5.41) is 11.7. The van der Waals surface area contributed by atoms with Crippen LogP contribution in [0.2, 0.25) is 0 Å². The monoisotopic (exact) mass is 474 g/mol. The Morgan fingerprint density at radius 1 is 1.23 bits per heavy atom. The fourth-order valence-electron chi connectivity index (χ4n) is 4.90. The van der Waals surface area contributed by atoms with Gasteiger partial charge in [0.05, 0.1) is 5.41 Å². The van der Waals surface area contributed by atoms with Gasteiger partial charge in [-0.2, -0.15) is 0 Å². The molecule has 0 bridgehead atoms. The van der Waals surface area contributed by atoms with Gasteiger partial charge in [-0.3, -0.25) is 9.59 Å². The summed E-state index contributed by atoms with van der Waals surface area (Å²) in [6.07, 6.45) is 5.49. The molecule has 1 N–H and O–H groups in total. The number of esters is 1. The summed E-state index contributed by atoms with van der Waals surface area (Å²) in [6.45, 7) is 11.5. The van der Waals surface area contributed by atoms with Gasteiger partial charge in [0.1, 0.15) is 16.6 Å². The van der Waals surface area contributed by atoms with Crippen molar-refractivity contribution in [3.63, 3.8) is 0 Å². The number of Topliss-reactive ketones (excluding diaryl/α,β-unsaturated/α-hetero) is 1. The predicted octanol–water partition coefficient (Wildman–Crippen LogP) is 4.57. The van der Waals surface area contributed by atoms with Crippen LogP contribution in [0.5, 0.6) is 0 Å². The zero-order valence-electron chi connectivity index (χ0n) is 16.7. The van der Waals surface area contributed by atoms with Gasteiger partial charge in [0, 0.05) is 3.58 Å². The van der Waals surface area contributed by atoms with Crippen LogP contribution in [0.4, 0.5) is 0 Å². The normalized spacial score (nSPS) is 41.9. The molecule has 3 rings (SSSR count). The molecule has 0 heterocycles. The summed E-state index contributed by atoms with van der Waals surface area (Å²) < 4.78 is 6.44. The molecule has 3 aliphatic carbocycles. The van der Waals surface area contributed by atoms with E-state index in [0.717, 1.165) is 16.4 Å². The lowest BCUT2D eigenvalue weighted by molar-refractivity contribution is -0.176. The van der Waals surface area contributed by atoms with Gasteiger partial charge in [-0.25, -0.2) is 0 Å².